The molecule has 2 fully saturated rings. The fourth-order valence-electron chi connectivity index (χ4n) is 3.52. The van der Waals surface area contributed by atoms with E-state index >= 15 is 0 Å². The van der Waals surface area contributed by atoms with Crippen LogP contribution in [0.2, 0.25) is 5.02 Å². The topological polar surface area (TPSA) is 15.7 Å². The second-order valence-electron chi connectivity index (χ2n) is 6.31. The first-order valence-corrected chi connectivity index (χ1v) is 8.40. The summed E-state index contributed by atoms with van der Waals surface area (Å²) in [6, 6.07) is 9.00. The molecule has 3 nitrogen and oxygen atoms in total. The van der Waals surface area contributed by atoms with Gasteiger partial charge >= 0.3 is 0 Å². The van der Waals surface area contributed by atoms with Crippen LogP contribution in [0.4, 0.5) is 0 Å². The van der Waals surface area contributed by atoms with Crippen molar-refractivity contribution in [3.8, 4) is 0 Å². The van der Waals surface area contributed by atoms with Gasteiger partial charge in [-0.25, -0.2) is 0 Å². The van der Waals surface area contributed by atoms with Crippen molar-refractivity contribution < 1.29 is 4.74 Å². The Labute approximate surface area is 132 Å². The summed E-state index contributed by atoms with van der Waals surface area (Å²) >= 11 is 6.10. The van der Waals surface area contributed by atoms with E-state index in [2.05, 4.69) is 34.9 Å². The predicted octanol–water partition coefficient (Wildman–Crippen LogP) is 2.85. The van der Waals surface area contributed by atoms with Gasteiger partial charge in [0, 0.05) is 37.2 Å². The number of morpholine rings is 1. The average molecular weight is 309 g/mol. The minimum atomic E-state index is 0.534. The highest BCUT2D eigenvalue weighted by atomic mass is 35.5. The Morgan fingerprint density at radius 1 is 1.29 bits per heavy atom. The van der Waals surface area contributed by atoms with Crippen molar-refractivity contribution in [2.75, 3.05) is 45.9 Å². The molecule has 1 aromatic carbocycles. The van der Waals surface area contributed by atoms with Gasteiger partial charge in [0.1, 0.15) is 0 Å². The van der Waals surface area contributed by atoms with E-state index < -0.39 is 0 Å². The second kappa shape index (κ2) is 7.10. The van der Waals surface area contributed by atoms with Gasteiger partial charge in [-0.15, -0.1) is 0 Å². The van der Waals surface area contributed by atoms with Gasteiger partial charge in [0.15, 0.2) is 0 Å². The standard InChI is InChI=1S/C17H25ClN2O/c1-14(15-3-2-4-16(18)11-15)12-19-6-5-17(13-19)20-7-9-21-10-8-20/h2-4,11,14,17H,5-10,12-13H2,1H3. The lowest BCUT2D eigenvalue weighted by Gasteiger charge is -2.32. The zero-order chi connectivity index (χ0) is 14.7. The van der Waals surface area contributed by atoms with Crippen molar-refractivity contribution in [1.82, 2.24) is 9.80 Å². The third-order valence-electron chi connectivity index (χ3n) is 4.76. The van der Waals surface area contributed by atoms with E-state index in [-0.39, 0.29) is 0 Å². The van der Waals surface area contributed by atoms with Gasteiger partial charge in [0.05, 0.1) is 13.2 Å². The first-order chi connectivity index (χ1) is 10.2. The smallest absolute Gasteiger partial charge is 0.0594 e. The number of likely N-dealkylation sites (tertiary alicyclic amines) is 1. The maximum atomic E-state index is 6.10. The summed E-state index contributed by atoms with van der Waals surface area (Å²) in [6.07, 6.45) is 1.29. The molecule has 0 spiro atoms. The monoisotopic (exact) mass is 308 g/mol. The lowest BCUT2D eigenvalue weighted by Crippen LogP contribution is -2.44. The number of halogens is 1. The Morgan fingerprint density at radius 2 is 2.10 bits per heavy atom. The molecule has 0 bridgehead atoms. The maximum absolute atomic E-state index is 6.10. The third-order valence-corrected chi connectivity index (χ3v) is 4.99. The Hall–Kier alpha value is -0.610. The zero-order valence-corrected chi connectivity index (χ0v) is 13.6. The molecule has 0 aromatic heterocycles. The number of hydrogen-bond acceptors (Lipinski definition) is 3. The van der Waals surface area contributed by atoms with E-state index in [4.69, 9.17) is 16.3 Å². The van der Waals surface area contributed by atoms with Crippen molar-refractivity contribution in [3.63, 3.8) is 0 Å². The van der Waals surface area contributed by atoms with E-state index in [0.29, 0.717) is 5.92 Å². The third kappa shape index (κ3) is 3.98. The van der Waals surface area contributed by atoms with Gasteiger partial charge in [-0.05, 0) is 36.6 Å². The van der Waals surface area contributed by atoms with Crippen molar-refractivity contribution in [2.24, 2.45) is 0 Å². The van der Waals surface area contributed by atoms with Crippen LogP contribution in [0, 0.1) is 0 Å². The van der Waals surface area contributed by atoms with Crippen LogP contribution in [0.25, 0.3) is 0 Å². The highest BCUT2D eigenvalue weighted by Crippen LogP contribution is 2.23. The van der Waals surface area contributed by atoms with Crippen molar-refractivity contribution in [2.45, 2.75) is 25.3 Å². The van der Waals surface area contributed by atoms with E-state index in [9.17, 15) is 0 Å². The van der Waals surface area contributed by atoms with Crippen molar-refractivity contribution in [3.05, 3.63) is 34.9 Å². The Kier molecular flexibility index (Phi) is 5.17. The Bertz CT molecular complexity index is 462. The predicted molar refractivity (Wildman–Crippen MR) is 87.1 cm³/mol. The molecular weight excluding hydrogens is 284 g/mol. The molecule has 116 valence electrons. The molecule has 2 aliphatic rings. The SMILES string of the molecule is CC(CN1CCC(N2CCOCC2)C1)c1cccc(Cl)c1. The van der Waals surface area contributed by atoms with Gasteiger partial charge in [-0.1, -0.05) is 30.7 Å². The lowest BCUT2D eigenvalue weighted by atomic mass is 10.0. The molecule has 0 N–H and O–H groups in total. The average Bonchev–Trinajstić information content (AvgIpc) is 2.97. The van der Waals surface area contributed by atoms with Crippen LogP contribution in [-0.2, 0) is 4.74 Å². The molecule has 0 amide bonds. The summed E-state index contributed by atoms with van der Waals surface area (Å²) in [6.45, 7) is 9.84. The van der Waals surface area contributed by atoms with Crippen molar-refractivity contribution >= 4 is 11.6 Å². The van der Waals surface area contributed by atoms with E-state index in [1.165, 1.54) is 25.1 Å². The molecular formula is C17H25ClN2O. The molecule has 1 aromatic rings. The number of rotatable bonds is 4. The van der Waals surface area contributed by atoms with Crippen LogP contribution >= 0.6 is 11.6 Å². The summed E-state index contributed by atoms with van der Waals surface area (Å²) in [5, 5.41) is 0.840. The molecule has 0 radical (unpaired) electrons. The molecule has 2 aliphatic heterocycles. The van der Waals surface area contributed by atoms with Gasteiger partial charge in [0.2, 0.25) is 0 Å². The van der Waals surface area contributed by atoms with Crippen LogP contribution in [0.5, 0.6) is 0 Å². The van der Waals surface area contributed by atoms with Gasteiger partial charge < -0.3 is 9.64 Å². The molecule has 2 saturated heterocycles. The van der Waals surface area contributed by atoms with Crippen molar-refractivity contribution in [1.29, 1.82) is 0 Å². The van der Waals surface area contributed by atoms with Crippen LogP contribution in [0.15, 0.2) is 24.3 Å². The molecule has 0 saturated carbocycles. The lowest BCUT2D eigenvalue weighted by molar-refractivity contribution is 0.0184. The Morgan fingerprint density at radius 3 is 2.86 bits per heavy atom. The summed E-state index contributed by atoms with van der Waals surface area (Å²) in [4.78, 5) is 5.21. The van der Waals surface area contributed by atoms with Gasteiger partial charge in [0.25, 0.3) is 0 Å². The molecule has 2 heterocycles. The molecule has 3 rings (SSSR count). The number of hydrogen-bond donors (Lipinski definition) is 0. The van der Waals surface area contributed by atoms with Gasteiger partial charge in [-0.3, -0.25) is 4.90 Å². The first kappa shape index (κ1) is 15.3. The van der Waals surface area contributed by atoms with Gasteiger partial charge in [-0.2, -0.15) is 0 Å². The van der Waals surface area contributed by atoms with E-state index in [1.54, 1.807) is 0 Å². The zero-order valence-electron chi connectivity index (χ0n) is 12.8. The minimum absolute atomic E-state index is 0.534. The first-order valence-electron chi connectivity index (χ1n) is 8.02. The summed E-state index contributed by atoms with van der Waals surface area (Å²) < 4.78 is 5.45. The van der Waals surface area contributed by atoms with Crippen LogP contribution in [0.1, 0.15) is 24.8 Å². The summed E-state index contributed by atoms with van der Waals surface area (Å²) in [7, 11) is 0. The fourth-order valence-corrected chi connectivity index (χ4v) is 3.72. The van der Waals surface area contributed by atoms with Crippen LogP contribution < -0.4 is 0 Å². The molecule has 4 heteroatoms. The minimum Gasteiger partial charge on any atom is -0.379 e. The highest BCUT2D eigenvalue weighted by molar-refractivity contribution is 6.30. The maximum Gasteiger partial charge on any atom is 0.0594 e. The number of ether oxygens (including phenoxy) is 1. The molecule has 2 unspecified atom stereocenters. The van der Waals surface area contributed by atoms with Crippen LogP contribution in [-0.4, -0.2) is 61.8 Å². The largest absolute Gasteiger partial charge is 0.379 e. The molecule has 21 heavy (non-hydrogen) atoms. The number of benzene rings is 1. The fraction of sp³-hybridized carbons (Fsp3) is 0.647. The second-order valence-corrected chi connectivity index (χ2v) is 6.74. The van der Waals surface area contributed by atoms with E-state index in [1.807, 2.05) is 6.07 Å². The van der Waals surface area contributed by atoms with E-state index in [0.717, 1.165) is 43.9 Å². The number of nitrogens with zero attached hydrogens (tertiary/aromatic N) is 2. The van der Waals surface area contributed by atoms with Crippen LogP contribution in [0.3, 0.4) is 0 Å². The summed E-state index contributed by atoms with van der Waals surface area (Å²) in [5.74, 6) is 0.534. The quantitative estimate of drug-likeness (QED) is 0.850. The molecule has 2 atom stereocenters. The highest BCUT2D eigenvalue weighted by Gasteiger charge is 2.29. The molecule has 0 aliphatic carbocycles. The summed E-state index contributed by atoms with van der Waals surface area (Å²) in [5.41, 5.74) is 1.34. The normalized spacial score (nSPS) is 26.1. The Balaban J connectivity index is 1.52.